The van der Waals surface area contributed by atoms with Crippen molar-refractivity contribution in [1.29, 1.82) is 0 Å². The predicted octanol–water partition coefficient (Wildman–Crippen LogP) is 5.62. The molecule has 16 heteroatoms. The number of thiazole rings is 1. The summed E-state index contributed by atoms with van der Waals surface area (Å²) in [5.41, 5.74) is -0.275. The summed E-state index contributed by atoms with van der Waals surface area (Å²) in [6.07, 6.45) is 3.86. The maximum Gasteiger partial charge on any atom is 0.265 e. The number of hydrogen-bond donors (Lipinski definition) is 2. The fourth-order valence-electron chi connectivity index (χ4n) is 4.74. The number of nitrogens with one attached hydrogen (secondary N) is 2. The van der Waals surface area contributed by atoms with E-state index in [0.717, 1.165) is 6.07 Å². The Bertz CT molecular complexity index is 1960. The Hall–Kier alpha value is -3.60. The van der Waals surface area contributed by atoms with E-state index in [-0.39, 0.29) is 17.3 Å². The molecule has 0 aliphatic carbocycles. The van der Waals surface area contributed by atoms with Crippen LogP contribution in [0.3, 0.4) is 0 Å². The number of benzene rings is 2. The molecule has 10 nitrogen and oxygen atoms in total. The van der Waals surface area contributed by atoms with Crippen molar-refractivity contribution in [3.8, 4) is 21.8 Å². The van der Waals surface area contributed by atoms with Crippen LogP contribution >= 0.6 is 11.3 Å². The third-order valence-corrected chi connectivity index (χ3v) is 11.3. The maximum atomic E-state index is 16.1. The molecule has 1 aliphatic rings. The van der Waals surface area contributed by atoms with Crippen LogP contribution < -0.4 is 10.0 Å². The highest BCUT2D eigenvalue weighted by Gasteiger charge is 2.29. The number of halogens is 3. The molecule has 0 saturated carbocycles. The number of anilines is 2. The van der Waals surface area contributed by atoms with Gasteiger partial charge in [-0.2, -0.15) is 0 Å². The average molecular weight is 681 g/mol. The van der Waals surface area contributed by atoms with E-state index < -0.39 is 53.5 Å². The van der Waals surface area contributed by atoms with Crippen LogP contribution in [-0.4, -0.2) is 61.5 Å². The van der Waals surface area contributed by atoms with Crippen LogP contribution in [0.15, 0.2) is 53.6 Å². The predicted molar refractivity (Wildman–Crippen MR) is 167 cm³/mol. The molecule has 2 aromatic carbocycles. The first-order valence-electron chi connectivity index (χ1n) is 13.9. The maximum absolute atomic E-state index is 16.1. The molecule has 0 atom stereocenters. The zero-order valence-corrected chi connectivity index (χ0v) is 27.3. The molecular weight excluding hydrogens is 650 g/mol. The normalized spacial score (nSPS) is 15.3. The van der Waals surface area contributed by atoms with Crippen LogP contribution in [0.2, 0.25) is 0 Å². The van der Waals surface area contributed by atoms with Gasteiger partial charge in [0.1, 0.15) is 16.5 Å². The molecule has 240 valence electrons. The van der Waals surface area contributed by atoms with Gasteiger partial charge in [0.05, 0.1) is 33.2 Å². The summed E-state index contributed by atoms with van der Waals surface area (Å²) in [5, 5.41) is 3.93. The van der Waals surface area contributed by atoms with Crippen molar-refractivity contribution in [1.82, 2.24) is 19.3 Å². The van der Waals surface area contributed by atoms with Gasteiger partial charge in [-0.25, -0.2) is 49.3 Å². The van der Waals surface area contributed by atoms with Gasteiger partial charge in [0.25, 0.3) is 10.0 Å². The van der Waals surface area contributed by atoms with Gasteiger partial charge < -0.3 is 5.32 Å². The van der Waals surface area contributed by atoms with Crippen LogP contribution in [0.25, 0.3) is 21.8 Å². The van der Waals surface area contributed by atoms with E-state index in [9.17, 15) is 25.6 Å². The molecule has 3 heterocycles. The van der Waals surface area contributed by atoms with Crippen molar-refractivity contribution < 1.29 is 30.0 Å². The monoisotopic (exact) mass is 680 g/mol. The summed E-state index contributed by atoms with van der Waals surface area (Å²) in [5.74, 6) is -2.81. The fraction of sp³-hybridized carbons (Fsp3) is 0.345. The molecular formula is C29H31F3N6O4S3. The molecule has 1 saturated heterocycles. The van der Waals surface area contributed by atoms with Crippen molar-refractivity contribution >= 4 is 43.0 Å². The van der Waals surface area contributed by atoms with Gasteiger partial charge in [-0.1, -0.05) is 26.8 Å². The number of nitrogens with zero attached hydrogens (tertiary/aromatic N) is 4. The lowest BCUT2D eigenvalue weighted by Gasteiger charge is -2.30. The van der Waals surface area contributed by atoms with Crippen LogP contribution in [0.5, 0.6) is 0 Å². The number of rotatable bonds is 8. The van der Waals surface area contributed by atoms with E-state index >= 15 is 4.39 Å². The quantitative estimate of drug-likeness (QED) is 0.245. The summed E-state index contributed by atoms with van der Waals surface area (Å²) in [4.78, 5) is 13.3. The standard InChI is InChI=1S/C29H31F3N6O4S3/c1-29(2,3)27-36-25(19-6-5-7-21(24(19)32)37-45(41,42)23-16-17(30)8-9-20(23)31)26(43-27)22-10-13-33-28(35-22)34-18-11-14-38(15-12-18)44(4,39)40/h5-10,13,16,18,37H,11-12,14-15H2,1-4H3,(H,33,34,35). The lowest BCUT2D eigenvalue weighted by Crippen LogP contribution is -2.42. The molecule has 0 amide bonds. The smallest absolute Gasteiger partial charge is 0.265 e. The zero-order chi connectivity index (χ0) is 32.7. The van der Waals surface area contributed by atoms with E-state index in [1.165, 1.54) is 40.1 Å². The number of hydrogen-bond acceptors (Lipinski definition) is 9. The SMILES string of the molecule is CC(C)(C)c1nc(-c2cccc(NS(=O)(=O)c3cc(F)ccc3F)c2F)c(-c2ccnc(NC3CCN(S(C)(=O)=O)CC3)n2)s1. The van der Waals surface area contributed by atoms with Crippen LogP contribution in [0.1, 0.15) is 38.6 Å². The van der Waals surface area contributed by atoms with Gasteiger partial charge in [-0.3, -0.25) is 4.72 Å². The van der Waals surface area contributed by atoms with Gasteiger partial charge in [-0.15, -0.1) is 11.3 Å². The number of piperidine rings is 1. The second-order valence-corrected chi connectivity index (χ2v) is 16.3. The van der Waals surface area contributed by atoms with Gasteiger partial charge >= 0.3 is 0 Å². The largest absolute Gasteiger partial charge is 0.351 e. The summed E-state index contributed by atoms with van der Waals surface area (Å²) >= 11 is 1.30. The zero-order valence-electron chi connectivity index (χ0n) is 24.8. The topological polar surface area (TPSA) is 134 Å². The average Bonchev–Trinajstić information content (AvgIpc) is 3.41. The molecule has 2 aromatic heterocycles. The van der Waals surface area contributed by atoms with Crippen molar-refractivity contribution in [2.45, 2.75) is 50.0 Å². The van der Waals surface area contributed by atoms with E-state index in [1.807, 2.05) is 25.5 Å². The van der Waals surface area contributed by atoms with Crippen LogP contribution in [-0.2, 0) is 25.5 Å². The molecule has 4 aromatic rings. The van der Waals surface area contributed by atoms with Gasteiger partial charge in [0.15, 0.2) is 5.82 Å². The van der Waals surface area contributed by atoms with E-state index in [1.54, 1.807) is 12.3 Å². The highest BCUT2D eigenvalue weighted by Crippen LogP contribution is 2.42. The van der Waals surface area contributed by atoms with Crippen molar-refractivity contribution in [3.05, 3.63) is 71.1 Å². The van der Waals surface area contributed by atoms with Crippen LogP contribution in [0, 0.1) is 17.5 Å². The molecule has 5 rings (SSSR count). The van der Waals surface area contributed by atoms with Gasteiger partial charge in [-0.05, 0) is 49.2 Å². The van der Waals surface area contributed by atoms with Crippen molar-refractivity contribution in [2.75, 3.05) is 29.4 Å². The second-order valence-electron chi connectivity index (χ2n) is 11.6. The van der Waals surface area contributed by atoms with Gasteiger partial charge in [0.2, 0.25) is 16.0 Å². The minimum Gasteiger partial charge on any atom is -0.351 e. The van der Waals surface area contributed by atoms with Crippen LogP contribution in [0.4, 0.5) is 24.8 Å². The highest BCUT2D eigenvalue weighted by molar-refractivity contribution is 7.92. The molecule has 0 radical (unpaired) electrons. The number of sulfonamides is 2. The first-order chi connectivity index (χ1) is 21.0. The third-order valence-electron chi connectivity index (χ3n) is 7.09. The Labute approximate surface area is 263 Å². The Morgan fingerprint density at radius 3 is 2.36 bits per heavy atom. The second kappa shape index (κ2) is 12.3. The number of aromatic nitrogens is 3. The highest BCUT2D eigenvalue weighted by atomic mass is 32.2. The summed E-state index contributed by atoms with van der Waals surface area (Å²) < 4.78 is 97.1. The summed E-state index contributed by atoms with van der Waals surface area (Å²) in [7, 11) is -7.96. The molecule has 0 unspecified atom stereocenters. The molecule has 45 heavy (non-hydrogen) atoms. The van der Waals surface area contributed by atoms with E-state index in [0.29, 0.717) is 59.6 Å². The van der Waals surface area contributed by atoms with E-state index in [2.05, 4.69) is 15.3 Å². The molecule has 0 bridgehead atoms. The first-order valence-corrected chi connectivity index (χ1v) is 18.0. The fourth-order valence-corrected chi connectivity index (χ4v) is 7.87. The Kier molecular flexibility index (Phi) is 8.96. The van der Waals surface area contributed by atoms with Crippen molar-refractivity contribution in [3.63, 3.8) is 0 Å². The molecule has 0 spiro atoms. The minimum absolute atomic E-state index is 0.0297. The van der Waals surface area contributed by atoms with Crippen molar-refractivity contribution in [2.24, 2.45) is 0 Å². The Balaban J connectivity index is 1.49. The lowest BCUT2D eigenvalue weighted by molar-refractivity contribution is 0.331. The summed E-state index contributed by atoms with van der Waals surface area (Å²) in [6, 6.07) is 7.60. The molecule has 1 aliphatic heterocycles. The third kappa shape index (κ3) is 7.29. The Morgan fingerprint density at radius 1 is 0.978 bits per heavy atom. The van der Waals surface area contributed by atoms with Gasteiger partial charge in [0, 0.05) is 36.3 Å². The molecule has 2 N–H and O–H groups in total. The molecule has 1 fully saturated rings. The minimum atomic E-state index is -4.69. The first kappa shape index (κ1) is 32.8. The summed E-state index contributed by atoms with van der Waals surface area (Å²) in [6.45, 7) is 6.59. The lowest BCUT2D eigenvalue weighted by atomic mass is 9.98. The Morgan fingerprint density at radius 2 is 1.69 bits per heavy atom. The van der Waals surface area contributed by atoms with E-state index in [4.69, 9.17) is 4.98 Å².